The molecule has 0 saturated heterocycles. The van der Waals surface area contributed by atoms with E-state index in [1.165, 1.54) is 96.3 Å². The highest BCUT2D eigenvalue weighted by atomic mass is 16.6. The summed E-state index contributed by atoms with van der Waals surface area (Å²) in [6.45, 7) is 5.54. The molecule has 192 valence electrons. The van der Waals surface area contributed by atoms with Crippen molar-refractivity contribution in [2.75, 3.05) is 0 Å². The zero-order valence-corrected chi connectivity index (χ0v) is 21.8. The predicted octanol–water partition coefficient (Wildman–Crippen LogP) is 7.32. The van der Waals surface area contributed by atoms with Gasteiger partial charge in [0.15, 0.2) is 0 Å². The number of ketones is 2. The number of Topliss-reactive ketones (excluding diaryl/α,β-unsaturated/α-hetero) is 1. The Morgan fingerprint density at radius 1 is 0.912 bits per heavy atom. The smallest absolute Gasteiger partial charge is 0.307 e. The van der Waals surface area contributed by atoms with Gasteiger partial charge in [-0.15, -0.1) is 0 Å². The maximum atomic E-state index is 12.9. The average molecular weight is 475 g/mol. The molecular weight excluding hydrogens is 428 g/mol. The SMILES string of the molecule is CCCCCCCCCCCCCCCCCC(=O)OC1(C)C(=O)C=C2CC(C)OC=C2C1=O. The standard InChI is InChI=1S/C29H46O5/c1-4-5-6-7-8-9-10-11-12-13-14-15-16-17-18-19-27(31)34-29(3)26(30)21-24-20-23(2)33-22-25(24)28(29)32/h21-23H,4-20H2,1-3H3. The van der Waals surface area contributed by atoms with Crippen molar-refractivity contribution < 1.29 is 23.9 Å². The normalized spacial score (nSPS) is 22.0. The van der Waals surface area contributed by atoms with Crippen LogP contribution in [0.15, 0.2) is 23.5 Å². The summed E-state index contributed by atoms with van der Waals surface area (Å²) in [5, 5.41) is 0. The van der Waals surface area contributed by atoms with E-state index in [0.717, 1.165) is 19.3 Å². The molecule has 5 heteroatoms. The van der Waals surface area contributed by atoms with Gasteiger partial charge in [0.05, 0.1) is 17.9 Å². The monoisotopic (exact) mass is 474 g/mol. The molecule has 2 rings (SSSR count). The minimum Gasteiger partial charge on any atom is -0.497 e. The zero-order chi connectivity index (χ0) is 24.8. The Morgan fingerprint density at radius 2 is 1.41 bits per heavy atom. The van der Waals surface area contributed by atoms with E-state index in [0.29, 0.717) is 17.6 Å². The summed E-state index contributed by atoms with van der Waals surface area (Å²) in [6, 6.07) is 0. The second kappa shape index (κ2) is 15.2. The topological polar surface area (TPSA) is 69.7 Å². The summed E-state index contributed by atoms with van der Waals surface area (Å²) in [4.78, 5) is 37.8. The lowest BCUT2D eigenvalue weighted by molar-refractivity contribution is -0.169. The number of carbonyl (C=O) groups excluding carboxylic acids is 3. The first-order valence-corrected chi connectivity index (χ1v) is 13.8. The minimum absolute atomic E-state index is 0.0763. The predicted molar refractivity (Wildman–Crippen MR) is 135 cm³/mol. The number of hydrogen-bond donors (Lipinski definition) is 0. The highest BCUT2D eigenvalue weighted by Crippen LogP contribution is 2.34. The van der Waals surface area contributed by atoms with Gasteiger partial charge < -0.3 is 9.47 Å². The largest absolute Gasteiger partial charge is 0.497 e. The molecular formula is C29H46O5. The van der Waals surface area contributed by atoms with Gasteiger partial charge in [0, 0.05) is 12.8 Å². The summed E-state index contributed by atoms with van der Waals surface area (Å²) >= 11 is 0. The molecule has 0 aromatic heterocycles. The van der Waals surface area contributed by atoms with Crippen LogP contribution in [0.25, 0.3) is 0 Å². The van der Waals surface area contributed by atoms with Gasteiger partial charge in [-0.2, -0.15) is 0 Å². The first-order valence-electron chi connectivity index (χ1n) is 13.8. The highest BCUT2D eigenvalue weighted by molar-refractivity contribution is 6.26. The van der Waals surface area contributed by atoms with Crippen LogP contribution in [0, 0.1) is 0 Å². The Kier molecular flexibility index (Phi) is 12.6. The van der Waals surface area contributed by atoms with Crippen LogP contribution in [-0.2, 0) is 23.9 Å². The Morgan fingerprint density at radius 3 is 1.94 bits per heavy atom. The van der Waals surface area contributed by atoms with Crippen LogP contribution in [0.1, 0.15) is 130 Å². The summed E-state index contributed by atoms with van der Waals surface area (Å²) in [7, 11) is 0. The molecule has 34 heavy (non-hydrogen) atoms. The van der Waals surface area contributed by atoms with Crippen molar-refractivity contribution in [1.82, 2.24) is 0 Å². The summed E-state index contributed by atoms with van der Waals surface area (Å²) in [5.74, 6) is -1.42. The summed E-state index contributed by atoms with van der Waals surface area (Å²) in [6.07, 6.45) is 22.4. The second-order valence-electron chi connectivity index (χ2n) is 10.3. The van der Waals surface area contributed by atoms with Gasteiger partial charge in [-0.25, -0.2) is 0 Å². The van der Waals surface area contributed by atoms with Gasteiger partial charge in [-0.1, -0.05) is 96.8 Å². The van der Waals surface area contributed by atoms with Crippen molar-refractivity contribution in [3.05, 3.63) is 23.5 Å². The molecule has 0 fully saturated rings. The zero-order valence-electron chi connectivity index (χ0n) is 21.8. The first-order chi connectivity index (χ1) is 16.4. The van der Waals surface area contributed by atoms with E-state index in [1.807, 2.05) is 6.92 Å². The van der Waals surface area contributed by atoms with Crippen molar-refractivity contribution >= 4 is 17.5 Å². The number of esters is 1. The van der Waals surface area contributed by atoms with Crippen LogP contribution >= 0.6 is 0 Å². The van der Waals surface area contributed by atoms with Crippen LogP contribution in [0.3, 0.4) is 0 Å². The third-order valence-electron chi connectivity index (χ3n) is 7.03. The van der Waals surface area contributed by atoms with E-state index in [2.05, 4.69) is 6.92 Å². The van der Waals surface area contributed by atoms with Crippen molar-refractivity contribution in [3.8, 4) is 0 Å². The molecule has 0 N–H and O–H groups in total. The van der Waals surface area contributed by atoms with Crippen molar-refractivity contribution in [3.63, 3.8) is 0 Å². The quantitative estimate of drug-likeness (QED) is 0.125. The number of unbranched alkanes of at least 4 members (excludes halogenated alkanes) is 14. The van der Waals surface area contributed by atoms with E-state index in [-0.39, 0.29) is 12.5 Å². The molecule has 0 spiro atoms. The molecule has 1 heterocycles. The number of rotatable bonds is 17. The molecule has 2 unspecified atom stereocenters. The third-order valence-corrected chi connectivity index (χ3v) is 7.03. The van der Waals surface area contributed by atoms with Crippen LogP contribution in [0.5, 0.6) is 0 Å². The number of hydrogen-bond acceptors (Lipinski definition) is 5. The maximum absolute atomic E-state index is 12.9. The Balaban J connectivity index is 1.52. The van der Waals surface area contributed by atoms with E-state index < -0.39 is 23.1 Å². The summed E-state index contributed by atoms with van der Waals surface area (Å²) in [5.41, 5.74) is -0.754. The molecule has 1 aliphatic heterocycles. The highest BCUT2D eigenvalue weighted by Gasteiger charge is 2.49. The second-order valence-corrected chi connectivity index (χ2v) is 10.3. The van der Waals surface area contributed by atoms with Gasteiger partial charge in [-0.3, -0.25) is 14.4 Å². The Bertz CT molecular complexity index is 735. The molecule has 5 nitrogen and oxygen atoms in total. The third kappa shape index (κ3) is 9.03. The van der Waals surface area contributed by atoms with E-state index in [1.54, 1.807) is 0 Å². The fourth-order valence-electron chi connectivity index (χ4n) is 4.74. The number of carbonyl (C=O) groups is 3. The van der Waals surface area contributed by atoms with Crippen LogP contribution in [0.2, 0.25) is 0 Å². The van der Waals surface area contributed by atoms with Gasteiger partial charge >= 0.3 is 5.97 Å². The lowest BCUT2D eigenvalue weighted by atomic mass is 9.79. The van der Waals surface area contributed by atoms with E-state index in [9.17, 15) is 14.4 Å². The minimum atomic E-state index is -1.77. The van der Waals surface area contributed by atoms with Crippen LogP contribution in [-0.4, -0.2) is 29.2 Å². The molecule has 0 amide bonds. The van der Waals surface area contributed by atoms with E-state index >= 15 is 0 Å². The Hall–Kier alpha value is -1.91. The molecule has 1 aliphatic carbocycles. The molecule has 2 atom stereocenters. The number of fused-ring (bicyclic) bond motifs is 1. The first kappa shape index (κ1) is 28.3. The van der Waals surface area contributed by atoms with Gasteiger partial charge in [0.1, 0.15) is 0 Å². The molecule has 0 saturated carbocycles. The van der Waals surface area contributed by atoms with Crippen molar-refractivity contribution in [1.29, 1.82) is 0 Å². The summed E-state index contributed by atoms with van der Waals surface area (Å²) < 4.78 is 10.9. The fraction of sp³-hybridized carbons (Fsp3) is 0.759. The lowest BCUT2D eigenvalue weighted by Gasteiger charge is -2.33. The molecule has 0 radical (unpaired) electrons. The molecule has 0 aromatic rings. The van der Waals surface area contributed by atoms with Gasteiger partial charge in [0.2, 0.25) is 17.2 Å². The van der Waals surface area contributed by atoms with Crippen molar-refractivity contribution in [2.45, 2.75) is 142 Å². The maximum Gasteiger partial charge on any atom is 0.307 e. The number of ether oxygens (including phenoxy) is 2. The molecule has 0 aromatic carbocycles. The van der Waals surface area contributed by atoms with Crippen LogP contribution in [0.4, 0.5) is 0 Å². The van der Waals surface area contributed by atoms with Gasteiger partial charge in [0.25, 0.3) is 0 Å². The lowest BCUT2D eigenvalue weighted by Crippen LogP contribution is -2.51. The fourth-order valence-corrected chi connectivity index (χ4v) is 4.74. The average Bonchev–Trinajstić information content (AvgIpc) is 2.80. The van der Waals surface area contributed by atoms with Crippen molar-refractivity contribution in [2.24, 2.45) is 0 Å². The van der Waals surface area contributed by atoms with E-state index in [4.69, 9.17) is 9.47 Å². The molecule has 0 bridgehead atoms. The molecule has 2 aliphatic rings. The van der Waals surface area contributed by atoms with Gasteiger partial charge in [-0.05, 0) is 31.9 Å². The Labute approximate surface area is 206 Å². The van der Waals surface area contributed by atoms with Crippen LogP contribution < -0.4 is 0 Å².